The topological polar surface area (TPSA) is 42.7 Å². The van der Waals surface area contributed by atoms with Crippen LogP contribution in [0, 0.1) is 5.82 Å². The van der Waals surface area contributed by atoms with Gasteiger partial charge in [-0.2, -0.15) is 5.10 Å². The molecule has 4 nitrogen and oxygen atoms in total. The van der Waals surface area contributed by atoms with Crippen LogP contribution in [0.4, 0.5) is 10.2 Å². The second-order valence-corrected chi connectivity index (χ2v) is 5.54. The summed E-state index contributed by atoms with van der Waals surface area (Å²) in [6, 6.07) is 5.46. The summed E-state index contributed by atoms with van der Waals surface area (Å²) in [6.07, 6.45) is 4.37. The Morgan fingerprint density at radius 1 is 1.38 bits per heavy atom. The molecule has 0 radical (unpaired) electrons. The second-order valence-electron chi connectivity index (χ2n) is 5.54. The highest BCUT2D eigenvalue weighted by atomic mass is 19.1. The number of anilines is 1. The third-order valence-corrected chi connectivity index (χ3v) is 4.27. The number of hydrogen-bond donors (Lipinski definition) is 1. The Balaban J connectivity index is 1.95. The van der Waals surface area contributed by atoms with E-state index in [1.807, 2.05) is 4.68 Å². The maximum absolute atomic E-state index is 13.1. The summed E-state index contributed by atoms with van der Waals surface area (Å²) in [6.45, 7) is 5.27. The lowest BCUT2D eigenvalue weighted by Gasteiger charge is -2.25. The summed E-state index contributed by atoms with van der Waals surface area (Å²) in [5.41, 5.74) is 2.01. The van der Waals surface area contributed by atoms with Gasteiger partial charge in [-0.3, -0.25) is 4.98 Å². The summed E-state index contributed by atoms with van der Waals surface area (Å²) in [7, 11) is 0. The average Bonchev–Trinajstić information content (AvgIpc) is 2.93. The van der Waals surface area contributed by atoms with Gasteiger partial charge < -0.3 is 5.32 Å². The maximum Gasteiger partial charge on any atom is 0.141 e. The highest BCUT2D eigenvalue weighted by Crippen LogP contribution is 2.32. The number of nitrogens with zero attached hydrogens (tertiary/aromatic N) is 3. The van der Waals surface area contributed by atoms with Crippen molar-refractivity contribution in [3.8, 4) is 0 Å². The second kappa shape index (κ2) is 5.84. The summed E-state index contributed by atoms with van der Waals surface area (Å²) in [4.78, 5) is 4.23. The zero-order valence-corrected chi connectivity index (χ0v) is 12.5. The van der Waals surface area contributed by atoms with E-state index < -0.39 is 0 Å². The van der Waals surface area contributed by atoms with E-state index in [1.54, 1.807) is 6.07 Å². The molecule has 0 aliphatic carbocycles. The molecule has 1 atom stereocenters. The van der Waals surface area contributed by atoms with Gasteiger partial charge in [0.2, 0.25) is 0 Å². The third-order valence-electron chi connectivity index (χ3n) is 4.27. The zero-order chi connectivity index (χ0) is 14.8. The van der Waals surface area contributed by atoms with Crippen molar-refractivity contribution >= 4 is 5.82 Å². The van der Waals surface area contributed by atoms with E-state index in [0.29, 0.717) is 5.92 Å². The average molecular weight is 288 g/mol. The molecule has 5 heteroatoms. The Bertz CT molecular complexity index is 601. The minimum atomic E-state index is -0.300. The Morgan fingerprint density at radius 3 is 2.86 bits per heavy atom. The van der Waals surface area contributed by atoms with E-state index in [9.17, 15) is 4.39 Å². The van der Waals surface area contributed by atoms with E-state index in [0.717, 1.165) is 43.0 Å². The van der Waals surface area contributed by atoms with E-state index in [4.69, 9.17) is 5.10 Å². The molecule has 21 heavy (non-hydrogen) atoms. The molecule has 112 valence electrons. The molecule has 0 saturated carbocycles. The summed E-state index contributed by atoms with van der Waals surface area (Å²) in [5, 5.41) is 8.19. The number of halogens is 1. The van der Waals surface area contributed by atoms with Gasteiger partial charge in [-0.1, -0.05) is 13.8 Å². The van der Waals surface area contributed by atoms with Gasteiger partial charge in [0.15, 0.2) is 0 Å². The Labute approximate surface area is 124 Å². The molecule has 3 rings (SSSR count). The normalized spacial score (nSPS) is 17.6. The SMILES string of the molecule is CCC(CC)c1cc2n(n1)C(c1ccc(F)cn1)CCN2. The van der Waals surface area contributed by atoms with Gasteiger partial charge >= 0.3 is 0 Å². The van der Waals surface area contributed by atoms with Crippen LogP contribution in [0.5, 0.6) is 0 Å². The van der Waals surface area contributed by atoms with Crippen molar-refractivity contribution in [3.05, 3.63) is 41.6 Å². The zero-order valence-electron chi connectivity index (χ0n) is 12.5. The van der Waals surface area contributed by atoms with Gasteiger partial charge in [0.25, 0.3) is 0 Å². The molecule has 3 heterocycles. The van der Waals surface area contributed by atoms with Crippen LogP contribution in [0.15, 0.2) is 24.4 Å². The molecule has 0 saturated heterocycles. The molecule has 2 aromatic heterocycles. The van der Waals surface area contributed by atoms with E-state index in [1.165, 1.54) is 12.3 Å². The van der Waals surface area contributed by atoms with Gasteiger partial charge in [-0.15, -0.1) is 0 Å². The number of nitrogens with one attached hydrogen (secondary N) is 1. The molecule has 1 aliphatic heterocycles. The first-order valence-corrected chi connectivity index (χ1v) is 7.67. The lowest BCUT2D eigenvalue weighted by molar-refractivity contribution is 0.460. The third kappa shape index (κ3) is 2.64. The number of fused-ring (bicyclic) bond motifs is 1. The minimum Gasteiger partial charge on any atom is -0.370 e. The molecular weight excluding hydrogens is 267 g/mol. The summed E-state index contributed by atoms with van der Waals surface area (Å²) < 4.78 is 15.1. The molecule has 1 N–H and O–H groups in total. The predicted molar refractivity (Wildman–Crippen MR) is 81.0 cm³/mol. The van der Waals surface area contributed by atoms with Gasteiger partial charge in [0.05, 0.1) is 23.6 Å². The van der Waals surface area contributed by atoms with Crippen molar-refractivity contribution in [1.82, 2.24) is 14.8 Å². The van der Waals surface area contributed by atoms with Crippen LogP contribution in [-0.4, -0.2) is 21.3 Å². The molecule has 1 unspecified atom stereocenters. The van der Waals surface area contributed by atoms with Crippen LogP contribution in [0.1, 0.15) is 56.5 Å². The van der Waals surface area contributed by atoms with Crippen LogP contribution in [-0.2, 0) is 0 Å². The summed E-state index contributed by atoms with van der Waals surface area (Å²) >= 11 is 0. The van der Waals surface area contributed by atoms with Gasteiger partial charge in [0, 0.05) is 18.5 Å². The Hall–Kier alpha value is -1.91. The fraction of sp³-hybridized carbons (Fsp3) is 0.500. The van der Waals surface area contributed by atoms with E-state index in [-0.39, 0.29) is 11.9 Å². The predicted octanol–water partition coefficient (Wildman–Crippen LogP) is 3.73. The highest BCUT2D eigenvalue weighted by molar-refractivity contribution is 5.41. The van der Waals surface area contributed by atoms with Crippen molar-refractivity contribution in [3.63, 3.8) is 0 Å². The van der Waals surface area contributed by atoms with Crippen LogP contribution in [0.2, 0.25) is 0 Å². The first-order valence-electron chi connectivity index (χ1n) is 7.67. The minimum absolute atomic E-state index is 0.0879. The first kappa shape index (κ1) is 14.0. The molecule has 0 bridgehead atoms. The van der Waals surface area contributed by atoms with Crippen LogP contribution in [0.25, 0.3) is 0 Å². The molecule has 0 fully saturated rings. The van der Waals surface area contributed by atoms with Crippen molar-refractivity contribution in [1.29, 1.82) is 0 Å². The fourth-order valence-electron chi connectivity index (χ4n) is 3.01. The maximum atomic E-state index is 13.1. The molecular formula is C16H21FN4. The van der Waals surface area contributed by atoms with E-state index >= 15 is 0 Å². The Morgan fingerprint density at radius 2 is 2.19 bits per heavy atom. The van der Waals surface area contributed by atoms with Crippen LogP contribution < -0.4 is 5.32 Å². The van der Waals surface area contributed by atoms with Gasteiger partial charge in [-0.05, 0) is 31.4 Å². The lowest BCUT2D eigenvalue weighted by atomic mass is 10.00. The fourth-order valence-corrected chi connectivity index (χ4v) is 3.01. The molecule has 0 amide bonds. The van der Waals surface area contributed by atoms with Crippen LogP contribution in [0.3, 0.4) is 0 Å². The van der Waals surface area contributed by atoms with Crippen molar-refractivity contribution in [2.75, 3.05) is 11.9 Å². The van der Waals surface area contributed by atoms with Crippen molar-refractivity contribution < 1.29 is 4.39 Å². The number of hydrogen-bond acceptors (Lipinski definition) is 3. The highest BCUT2D eigenvalue weighted by Gasteiger charge is 2.25. The van der Waals surface area contributed by atoms with Crippen LogP contribution >= 0.6 is 0 Å². The van der Waals surface area contributed by atoms with E-state index in [2.05, 4.69) is 30.2 Å². The molecule has 1 aliphatic rings. The monoisotopic (exact) mass is 288 g/mol. The number of pyridine rings is 1. The quantitative estimate of drug-likeness (QED) is 0.932. The Kier molecular flexibility index (Phi) is 3.90. The molecule has 0 aromatic carbocycles. The number of rotatable bonds is 4. The van der Waals surface area contributed by atoms with Crippen molar-refractivity contribution in [2.24, 2.45) is 0 Å². The van der Waals surface area contributed by atoms with Gasteiger partial charge in [0.1, 0.15) is 11.6 Å². The lowest BCUT2D eigenvalue weighted by Crippen LogP contribution is -2.25. The largest absolute Gasteiger partial charge is 0.370 e. The molecule has 2 aromatic rings. The smallest absolute Gasteiger partial charge is 0.141 e. The van der Waals surface area contributed by atoms with Gasteiger partial charge in [-0.25, -0.2) is 9.07 Å². The van der Waals surface area contributed by atoms with Crippen molar-refractivity contribution in [2.45, 2.75) is 45.1 Å². The molecule has 0 spiro atoms. The summed E-state index contributed by atoms with van der Waals surface area (Å²) in [5.74, 6) is 1.23. The standard InChI is InChI=1S/C16H21FN4/c1-3-11(4-2)14-9-16-18-8-7-15(21(16)20-14)13-6-5-12(17)10-19-13/h5-6,9-11,15,18H,3-4,7-8H2,1-2H3. The first-order chi connectivity index (χ1) is 10.2. The number of aromatic nitrogens is 3.